The van der Waals surface area contributed by atoms with E-state index in [9.17, 15) is 14.4 Å². The lowest BCUT2D eigenvalue weighted by molar-refractivity contribution is -0.133. The zero-order valence-electron chi connectivity index (χ0n) is 22.0. The first-order valence-corrected chi connectivity index (χ1v) is 13.8. The van der Waals surface area contributed by atoms with Crippen molar-refractivity contribution in [3.8, 4) is 5.75 Å². The molecule has 1 saturated carbocycles. The molecular weight excluding hydrogens is 468 g/mol. The van der Waals surface area contributed by atoms with Gasteiger partial charge in [0.15, 0.2) is 5.78 Å². The Morgan fingerprint density at radius 3 is 2.51 bits per heavy atom. The SMILES string of the molecule is COc1ccc(C(=O)C2CCN([C@H]3CCN(CC4CCCCCC4C4=NC(=O)C=N4)C3=O)CC2)cc1C. The number of Topliss-reactive ketones (excluding diaryl/α,β-unsaturated/α-hetero) is 1. The number of amidine groups is 1. The van der Waals surface area contributed by atoms with E-state index >= 15 is 0 Å². The molecular formula is C29H38N4O4. The number of carbonyl (C=O) groups is 3. The number of ether oxygens (including phenoxy) is 1. The van der Waals surface area contributed by atoms with E-state index in [4.69, 9.17) is 4.74 Å². The summed E-state index contributed by atoms with van der Waals surface area (Å²) in [5.41, 5.74) is 1.72. The maximum absolute atomic E-state index is 13.5. The van der Waals surface area contributed by atoms with E-state index in [1.165, 1.54) is 12.6 Å². The molecule has 8 heteroatoms. The fraction of sp³-hybridized carbons (Fsp3) is 0.621. The van der Waals surface area contributed by atoms with Crippen molar-refractivity contribution in [3.63, 3.8) is 0 Å². The van der Waals surface area contributed by atoms with E-state index in [0.29, 0.717) is 18.3 Å². The zero-order chi connectivity index (χ0) is 25.9. The summed E-state index contributed by atoms with van der Waals surface area (Å²) in [6, 6.07) is 5.56. The summed E-state index contributed by atoms with van der Waals surface area (Å²) in [7, 11) is 1.64. The molecule has 3 fully saturated rings. The third-order valence-corrected chi connectivity index (χ3v) is 8.77. The Kier molecular flexibility index (Phi) is 7.84. The van der Waals surface area contributed by atoms with Crippen molar-refractivity contribution in [1.29, 1.82) is 0 Å². The van der Waals surface area contributed by atoms with E-state index in [1.54, 1.807) is 7.11 Å². The lowest BCUT2D eigenvalue weighted by Gasteiger charge is -2.35. The second-order valence-corrected chi connectivity index (χ2v) is 11.0. The summed E-state index contributed by atoms with van der Waals surface area (Å²) in [4.78, 5) is 51.0. The highest BCUT2D eigenvalue weighted by atomic mass is 16.5. The summed E-state index contributed by atoms with van der Waals surface area (Å²) in [5.74, 6) is 2.05. The molecule has 37 heavy (non-hydrogen) atoms. The second kappa shape index (κ2) is 11.3. The number of piperidine rings is 1. The number of aliphatic imine (C=N–C) groups is 2. The molecule has 2 amide bonds. The number of hydrogen-bond acceptors (Lipinski definition) is 6. The average molecular weight is 507 g/mol. The molecule has 1 aliphatic carbocycles. The Labute approximate surface area is 219 Å². The van der Waals surface area contributed by atoms with Crippen molar-refractivity contribution >= 4 is 29.6 Å². The molecule has 4 aliphatic rings. The molecule has 3 heterocycles. The smallest absolute Gasteiger partial charge is 0.289 e. The predicted octanol–water partition coefficient (Wildman–Crippen LogP) is 3.71. The van der Waals surface area contributed by atoms with E-state index < -0.39 is 0 Å². The van der Waals surface area contributed by atoms with Crippen LogP contribution in [0.1, 0.15) is 67.3 Å². The van der Waals surface area contributed by atoms with Crippen LogP contribution in [0.5, 0.6) is 5.75 Å². The van der Waals surface area contributed by atoms with Gasteiger partial charge in [0.2, 0.25) is 5.91 Å². The molecule has 0 N–H and O–H groups in total. The zero-order valence-corrected chi connectivity index (χ0v) is 22.0. The number of amides is 2. The van der Waals surface area contributed by atoms with Gasteiger partial charge in [0, 0.05) is 30.5 Å². The van der Waals surface area contributed by atoms with Crippen LogP contribution in [0.4, 0.5) is 0 Å². The highest BCUT2D eigenvalue weighted by molar-refractivity contribution is 6.35. The molecule has 3 atom stereocenters. The first-order valence-electron chi connectivity index (χ1n) is 13.8. The molecule has 1 aromatic carbocycles. The first kappa shape index (κ1) is 25.8. The summed E-state index contributed by atoms with van der Waals surface area (Å²) >= 11 is 0. The maximum Gasteiger partial charge on any atom is 0.289 e. The molecule has 198 valence electrons. The van der Waals surface area contributed by atoms with Crippen LogP contribution < -0.4 is 4.74 Å². The van der Waals surface area contributed by atoms with Crippen LogP contribution in [-0.4, -0.2) is 78.8 Å². The third-order valence-electron chi connectivity index (χ3n) is 8.77. The van der Waals surface area contributed by atoms with Gasteiger partial charge >= 0.3 is 0 Å². The van der Waals surface area contributed by atoms with Crippen molar-refractivity contribution in [1.82, 2.24) is 9.80 Å². The van der Waals surface area contributed by atoms with Gasteiger partial charge < -0.3 is 9.64 Å². The largest absolute Gasteiger partial charge is 0.496 e. The Hall–Kier alpha value is -2.87. The van der Waals surface area contributed by atoms with Crippen LogP contribution >= 0.6 is 0 Å². The molecule has 0 aromatic heterocycles. The van der Waals surface area contributed by atoms with Crippen LogP contribution in [0.15, 0.2) is 28.2 Å². The number of aryl methyl sites for hydroxylation is 1. The Balaban J connectivity index is 1.17. The third kappa shape index (κ3) is 5.54. The van der Waals surface area contributed by atoms with Gasteiger partial charge in [-0.1, -0.05) is 19.3 Å². The molecule has 0 bridgehead atoms. The number of carbonyl (C=O) groups excluding carboxylic acids is 3. The van der Waals surface area contributed by atoms with Gasteiger partial charge in [-0.05, 0) is 81.8 Å². The molecule has 3 aliphatic heterocycles. The molecule has 5 rings (SSSR count). The number of likely N-dealkylation sites (tertiary alicyclic amines) is 2. The molecule has 8 nitrogen and oxygen atoms in total. The number of nitrogens with zero attached hydrogens (tertiary/aromatic N) is 4. The summed E-state index contributed by atoms with van der Waals surface area (Å²) in [6.07, 6.45) is 9.18. The average Bonchev–Trinajstić information content (AvgIpc) is 3.41. The van der Waals surface area contributed by atoms with Gasteiger partial charge in [-0.15, -0.1) is 0 Å². The van der Waals surface area contributed by atoms with Crippen molar-refractivity contribution < 1.29 is 19.1 Å². The number of hydrogen-bond donors (Lipinski definition) is 0. The number of methoxy groups -OCH3 is 1. The fourth-order valence-electron chi connectivity index (χ4n) is 6.68. The van der Waals surface area contributed by atoms with Crippen LogP contribution in [0.25, 0.3) is 0 Å². The van der Waals surface area contributed by atoms with Gasteiger partial charge in [0.05, 0.1) is 19.4 Å². The number of ketones is 1. The Bertz CT molecular complexity index is 1110. The first-order chi connectivity index (χ1) is 17.9. The number of rotatable bonds is 7. The van der Waals surface area contributed by atoms with Crippen LogP contribution in [-0.2, 0) is 9.59 Å². The summed E-state index contributed by atoms with van der Waals surface area (Å²) < 4.78 is 5.33. The van der Waals surface area contributed by atoms with Crippen molar-refractivity contribution in [2.75, 3.05) is 33.3 Å². The number of benzene rings is 1. The van der Waals surface area contributed by atoms with Gasteiger partial charge in [-0.25, -0.2) is 4.99 Å². The topological polar surface area (TPSA) is 91.6 Å². The van der Waals surface area contributed by atoms with Gasteiger partial charge in [0.1, 0.15) is 11.6 Å². The van der Waals surface area contributed by atoms with Gasteiger partial charge in [0.25, 0.3) is 5.91 Å². The molecule has 1 aromatic rings. The highest BCUT2D eigenvalue weighted by Crippen LogP contribution is 2.34. The van der Waals surface area contributed by atoms with E-state index in [-0.39, 0.29) is 35.5 Å². The van der Waals surface area contributed by atoms with Crippen molar-refractivity contribution in [2.24, 2.45) is 27.7 Å². The summed E-state index contributed by atoms with van der Waals surface area (Å²) in [5, 5.41) is 0. The van der Waals surface area contributed by atoms with Gasteiger partial charge in [-0.2, -0.15) is 4.99 Å². The quantitative estimate of drug-likeness (QED) is 0.415. The monoisotopic (exact) mass is 506 g/mol. The Morgan fingerprint density at radius 1 is 1.03 bits per heavy atom. The molecule has 2 unspecified atom stereocenters. The fourth-order valence-corrected chi connectivity index (χ4v) is 6.68. The van der Waals surface area contributed by atoms with Crippen LogP contribution in [0, 0.1) is 24.7 Å². The predicted molar refractivity (Wildman–Crippen MR) is 142 cm³/mol. The minimum absolute atomic E-state index is 0.00106. The van der Waals surface area contributed by atoms with Gasteiger partial charge in [-0.3, -0.25) is 19.3 Å². The highest BCUT2D eigenvalue weighted by Gasteiger charge is 2.40. The van der Waals surface area contributed by atoms with E-state index in [0.717, 1.165) is 81.5 Å². The normalized spacial score (nSPS) is 27.5. The molecule has 0 radical (unpaired) electrons. The molecule has 2 saturated heterocycles. The standard InChI is InChI=1S/C29H38N4O4/c1-19-16-21(8-9-25(19)37-2)27(35)20-10-13-32(14-11-20)24-12-15-33(29(24)36)18-22-6-4-3-5-7-23(22)28-30-17-26(34)31-28/h8-9,16-17,20,22-24H,3-7,10-15,18H2,1-2H3/t22?,23?,24-/m0/s1. The minimum atomic E-state index is -0.265. The summed E-state index contributed by atoms with van der Waals surface area (Å²) in [6.45, 7) is 4.99. The van der Waals surface area contributed by atoms with E-state index in [2.05, 4.69) is 14.9 Å². The van der Waals surface area contributed by atoms with E-state index in [1.807, 2.05) is 30.0 Å². The lowest BCUT2D eigenvalue weighted by atomic mass is 9.86. The second-order valence-electron chi connectivity index (χ2n) is 11.0. The Morgan fingerprint density at radius 2 is 1.81 bits per heavy atom. The van der Waals surface area contributed by atoms with Crippen LogP contribution in [0.3, 0.4) is 0 Å². The minimum Gasteiger partial charge on any atom is -0.496 e. The molecule has 0 spiro atoms. The van der Waals surface area contributed by atoms with Crippen molar-refractivity contribution in [2.45, 2.75) is 64.3 Å². The van der Waals surface area contributed by atoms with Crippen LogP contribution in [0.2, 0.25) is 0 Å². The lowest BCUT2D eigenvalue weighted by Crippen LogP contribution is -2.47. The maximum atomic E-state index is 13.5. The van der Waals surface area contributed by atoms with Crippen molar-refractivity contribution in [3.05, 3.63) is 29.3 Å².